The summed E-state index contributed by atoms with van der Waals surface area (Å²) in [4.78, 5) is 2.77. The first-order chi connectivity index (χ1) is 5.76. The summed E-state index contributed by atoms with van der Waals surface area (Å²) >= 11 is 0. The van der Waals surface area contributed by atoms with Crippen molar-refractivity contribution >= 4 is 0 Å². The highest BCUT2D eigenvalue weighted by atomic mass is 15.2. The largest absolute Gasteiger partial charge is 0.297 e. The van der Waals surface area contributed by atoms with Crippen LogP contribution in [0, 0.1) is 5.92 Å². The smallest absolute Gasteiger partial charge is 0.0233 e. The van der Waals surface area contributed by atoms with Crippen molar-refractivity contribution in [2.45, 2.75) is 51.5 Å². The summed E-state index contributed by atoms with van der Waals surface area (Å²) in [6.45, 7) is 7.53. The molecule has 2 rings (SSSR count). The Morgan fingerprint density at radius 2 is 1.58 bits per heavy atom. The average Bonchev–Trinajstić information content (AvgIpc) is 2.86. The van der Waals surface area contributed by atoms with Gasteiger partial charge in [-0.2, -0.15) is 0 Å². The number of rotatable bonds is 2. The topological polar surface area (TPSA) is 3.24 Å². The molecular formula is C11H21N. The molecule has 0 aromatic rings. The summed E-state index contributed by atoms with van der Waals surface area (Å²) in [6, 6.07) is 0. The van der Waals surface area contributed by atoms with Crippen LogP contribution < -0.4 is 0 Å². The molecule has 0 spiro atoms. The van der Waals surface area contributed by atoms with Gasteiger partial charge in [-0.05, 0) is 44.7 Å². The third kappa shape index (κ3) is 1.28. The quantitative estimate of drug-likeness (QED) is 0.611. The molecule has 0 N–H and O–H groups in total. The van der Waals surface area contributed by atoms with Gasteiger partial charge in [0.1, 0.15) is 0 Å². The van der Waals surface area contributed by atoms with E-state index in [0.717, 1.165) is 5.92 Å². The maximum Gasteiger partial charge on any atom is 0.0233 e. The first-order valence-electron chi connectivity index (χ1n) is 5.51. The zero-order chi connectivity index (χ0) is 8.60. The molecule has 2 aliphatic rings. The van der Waals surface area contributed by atoms with E-state index in [1.165, 1.54) is 45.2 Å². The molecule has 1 nitrogen and oxygen atoms in total. The lowest BCUT2D eigenvalue weighted by Crippen LogP contribution is -2.44. The first kappa shape index (κ1) is 8.55. The van der Waals surface area contributed by atoms with Gasteiger partial charge in [0.25, 0.3) is 0 Å². The molecule has 0 amide bonds. The van der Waals surface area contributed by atoms with Crippen molar-refractivity contribution in [3.8, 4) is 0 Å². The van der Waals surface area contributed by atoms with Gasteiger partial charge in [0.2, 0.25) is 0 Å². The highest BCUT2D eigenvalue weighted by Gasteiger charge is 2.49. The van der Waals surface area contributed by atoms with Gasteiger partial charge in [-0.15, -0.1) is 0 Å². The summed E-state index contributed by atoms with van der Waals surface area (Å²) in [7, 11) is 0. The fourth-order valence-electron chi connectivity index (χ4n) is 2.73. The minimum atomic E-state index is 0.653. The van der Waals surface area contributed by atoms with Crippen molar-refractivity contribution in [2.75, 3.05) is 13.1 Å². The Balaban J connectivity index is 1.97. The maximum absolute atomic E-state index is 2.77. The lowest BCUT2D eigenvalue weighted by atomic mass is 9.97. The van der Waals surface area contributed by atoms with Gasteiger partial charge in [-0.3, -0.25) is 4.90 Å². The molecule has 2 fully saturated rings. The van der Waals surface area contributed by atoms with Crippen molar-refractivity contribution < 1.29 is 0 Å². The summed E-state index contributed by atoms with van der Waals surface area (Å²) in [5.41, 5.74) is 0.653. The lowest BCUT2D eigenvalue weighted by molar-refractivity contribution is 0.109. The molecule has 1 saturated carbocycles. The first-order valence-corrected chi connectivity index (χ1v) is 5.51. The Morgan fingerprint density at radius 3 is 2.00 bits per heavy atom. The monoisotopic (exact) mass is 167 g/mol. The van der Waals surface area contributed by atoms with E-state index in [1.54, 1.807) is 0 Å². The zero-order valence-corrected chi connectivity index (χ0v) is 8.47. The second-order valence-corrected chi connectivity index (χ2v) is 4.81. The van der Waals surface area contributed by atoms with Gasteiger partial charge in [0, 0.05) is 5.54 Å². The number of likely N-dealkylation sites (tertiary alicyclic amines) is 1. The average molecular weight is 167 g/mol. The van der Waals surface area contributed by atoms with Crippen molar-refractivity contribution in [1.82, 2.24) is 4.90 Å². The van der Waals surface area contributed by atoms with Crippen molar-refractivity contribution in [2.24, 2.45) is 5.92 Å². The van der Waals surface area contributed by atoms with E-state index in [4.69, 9.17) is 0 Å². The van der Waals surface area contributed by atoms with Crippen LogP contribution in [0.25, 0.3) is 0 Å². The second-order valence-electron chi connectivity index (χ2n) is 4.81. The highest BCUT2D eigenvalue weighted by molar-refractivity contribution is 5.06. The van der Waals surface area contributed by atoms with Crippen LogP contribution in [-0.4, -0.2) is 23.5 Å². The molecule has 70 valence electrons. The molecule has 0 bridgehead atoms. The Kier molecular flexibility index (Phi) is 2.16. The van der Waals surface area contributed by atoms with Crippen LogP contribution in [0.5, 0.6) is 0 Å². The van der Waals surface area contributed by atoms with Crippen LogP contribution in [0.15, 0.2) is 0 Å². The molecule has 0 aromatic carbocycles. The predicted octanol–water partition coefficient (Wildman–Crippen LogP) is 2.66. The lowest BCUT2D eigenvalue weighted by Gasteiger charge is -2.37. The van der Waals surface area contributed by atoms with E-state index in [1.807, 2.05) is 0 Å². The van der Waals surface area contributed by atoms with Crippen LogP contribution in [0.3, 0.4) is 0 Å². The van der Waals surface area contributed by atoms with Gasteiger partial charge in [0.15, 0.2) is 0 Å². The van der Waals surface area contributed by atoms with Gasteiger partial charge < -0.3 is 0 Å². The van der Waals surface area contributed by atoms with E-state index < -0.39 is 0 Å². The molecule has 0 atom stereocenters. The van der Waals surface area contributed by atoms with Crippen LogP contribution in [0.4, 0.5) is 0 Å². The summed E-state index contributed by atoms with van der Waals surface area (Å²) < 4.78 is 0. The van der Waals surface area contributed by atoms with E-state index in [9.17, 15) is 0 Å². The molecule has 0 radical (unpaired) electrons. The Labute approximate surface area is 76.1 Å². The normalized spacial score (nSPS) is 29.2. The fourth-order valence-corrected chi connectivity index (χ4v) is 2.73. The number of hydrogen-bond acceptors (Lipinski definition) is 1. The van der Waals surface area contributed by atoms with Gasteiger partial charge in [0.05, 0.1) is 0 Å². The fraction of sp³-hybridized carbons (Fsp3) is 1.00. The molecule has 0 unspecified atom stereocenters. The second kappa shape index (κ2) is 3.02. The van der Waals surface area contributed by atoms with Crippen LogP contribution in [0.1, 0.15) is 46.0 Å². The van der Waals surface area contributed by atoms with E-state index in [2.05, 4.69) is 18.7 Å². The Morgan fingerprint density at radius 1 is 1.00 bits per heavy atom. The third-order valence-corrected chi connectivity index (χ3v) is 3.82. The van der Waals surface area contributed by atoms with E-state index in [-0.39, 0.29) is 0 Å². The molecule has 1 heterocycles. The highest BCUT2D eigenvalue weighted by Crippen LogP contribution is 2.48. The summed E-state index contributed by atoms with van der Waals surface area (Å²) in [5.74, 6) is 0.871. The molecule has 1 aliphatic carbocycles. The molecule has 1 saturated heterocycles. The molecule has 0 aromatic heterocycles. The number of piperidine rings is 1. The minimum Gasteiger partial charge on any atom is -0.297 e. The molecular weight excluding hydrogens is 146 g/mol. The van der Waals surface area contributed by atoms with Crippen molar-refractivity contribution in [3.05, 3.63) is 0 Å². The van der Waals surface area contributed by atoms with Gasteiger partial charge in [-0.25, -0.2) is 0 Å². The van der Waals surface area contributed by atoms with Crippen LogP contribution in [-0.2, 0) is 0 Å². The number of hydrogen-bond donors (Lipinski definition) is 0. The van der Waals surface area contributed by atoms with Crippen molar-refractivity contribution in [1.29, 1.82) is 0 Å². The molecule has 1 heteroatoms. The van der Waals surface area contributed by atoms with Crippen LogP contribution in [0.2, 0.25) is 0 Å². The molecule has 12 heavy (non-hydrogen) atoms. The van der Waals surface area contributed by atoms with Gasteiger partial charge in [-0.1, -0.05) is 20.3 Å². The summed E-state index contributed by atoms with van der Waals surface area (Å²) in [6.07, 6.45) is 7.27. The molecule has 1 aliphatic heterocycles. The van der Waals surface area contributed by atoms with E-state index >= 15 is 0 Å². The van der Waals surface area contributed by atoms with Gasteiger partial charge >= 0.3 is 0 Å². The van der Waals surface area contributed by atoms with E-state index in [0.29, 0.717) is 5.54 Å². The number of nitrogens with zero attached hydrogens (tertiary/aromatic N) is 1. The Hall–Kier alpha value is -0.0400. The Bertz CT molecular complexity index is 152. The maximum atomic E-state index is 2.77. The summed E-state index contributed by atoms with van der Waals surface area (Å²) in [5, 5.41) is 0. The van der Waals surface area contributed by atoms with Crippen molar-refractivity contribution in [3.63, 3.8) is 0 Å². The predicted molar refractivity (Wildman–Crippen MR) is 52.2 cm³/mol. The zero-order valence-electron chi connectivity index (χ0n) is 8.47. The third-order valence-electron chi connectivity index (χ3n) is 3.82. The standard InChI is InChI=1S/C11H21N/c1-10(2)11(6-7-11)12-8-4-3-5-9-12/h10H,3-9H2,1-2H3. The SMILES string of the molecule is CC(C)C1(N2CCCCC2)CC1. The minimum absolute atomic E-state index is 0.653. The van der Waals surface area contributed by atoms with Crippen LogP contribution >= 0.6 is 0 Å².